The first-order chi connectivity index (χ1) is 16.0. The third-order valence-corrected chi connectivity index (χ3v) is 5.23. The molecule has 1 heterocycles. The van der Waals surface area contributed by atoms with Gasteiger partial charge in [-0.2, -0.15) is 11.8 Å². The van der Waals surface area contributed by atoms with Crippen LogP contribution in [-0.2, 0) is 14.3 Å². The summed E-state index contributed by atoms with van der Waals surface area (Å²) >= 11 is 1.75. The Balaban J connectivity index is 2.30. The molecule has 0 spiro atoms. The van der Waals surface area contributed by atoms with E-state index < -0.39 is 57.6 Å². The number of hydrogen-bond donors (Lipinski definition) is 3. The maximum absolute atomic E-state index is 12.1. The number of hydrogen-bond acceptors (Lipinski definition) is 5. The molecule has 0 saturated carbocycles. The Morgan fingerprint density at radius 1 is 1.22 bits per heavy atom. The molecule has 2 unspecified atom stereocenters. The van der Waals surface area contributed by atoms with Crippen molar-refractivity contribution in [3.63, 3.8) is 0 Å². The fourth-order valence-electron chi connectivity index (χ4n) is 2.49. The second-order valence-corrected chi connectivity index (χ2v) is 7.36. The largest absolute Gasteiger partial charge is 0.379 e. The minimum atomic E-state index is -2.80. The minimum Gasteiger partial charge on any atom is -0.379 e. The highest BCUT2D eigenvalue weighted by molar-refractivity contribution is 8.00. The molecule has 4 N–H and O–H groups in total. The first-order valence-electron chi connectivity index (χ1n) is 13.2. The molecule has 2 atom stereocenters. The molecular weight excluding hydrogens is 366 g/mol. The number of unbranched alkanes of at least 4 members (excludes halogenated alkanes) is 1. The molecule has 0 bridgehead atoms. The molecule has 1 aliphatic heterocycles. The smallest absolute Gasteiger partial charge is 0.312 e. The van der Waals surface area contributed by atoms with Crippen molar-refractivity contribution in [3.8, 4) is 0 Å². The summed E-state index contributed by atoms with van der Waals surface area (Å²) in [5.74, 6) is 0.399. The Morgan fingerprint density at radius 2 is 1.96 bits per heavy atom. The summed E-state index contributed by atoms with van der Waals surface area (Å²) in [6.07, 6.45) is -1.68. The normalized spacial score (nSPS) is 25.7. The molecule has 27 heavy (non-hydrogen) atoms. The quantitative estimate of drug-likeness (QED) is 0.339. The Morgan fingerprint density at radius 3 is 2.67 bits per heavy atom. The van der Waals surface area contributed by atoms with E-state index in [1.54, 1.807) is 11.8 Å². The zero-order valence-electron chi connectivity index (χ0n) is 23.8. The standard InChI is InChI=1S/C19H37N3O4S/c1-2-3-10-25-12-13-26-11-6-9-21-18(23)8-5-4-7-17-14-16(15-27-17)22-19(20)24/h16-17H,2-15H2,1H3,(H,21,23)(H3,20,22,24)/i3D2,6D2,10D2,11D2. The van der Waals surface area contributed by atoms with E-state index >= 15 is 0 Å². The summed E-state index contributed by atoms with van der Waals surface area (Å²) in [6.45, 7) is -5.53. The summed E-state index contributed by atoms with van der Waals surface area (Å²) in [5.41, 5.74) is 5.13. The predicted molar refractivity (Wildman–Crippen MR) is 110 cm³/mol. The van der Waals surface area contributed by atoms with Crippen molar-refractivity contribution in [1.29, 1.82) is 0 Å². The van der Waals surface area contributed by atoms with Crippen LogP contribution < -0.4 is 16.4 Å². The molecule has 7 nitrogen and oxygen atoms in total. The monoisotopic (exact) mass is 411 g/mol. The number of urea groups is 1. The van der Waals surface area contributed by atoms with Crippen molar-refractivity contribution in [2.45, 2.75) is 69.5 Å². The lowest BCUT2D eigenvalue weighted by molar-refractivity contribution is -0.121. The van der Waals surface area contributed by atoms with Crippen LogP contribution in [-0.4, -0.2) is 61.9 Å². The van der Waals surface area contributed by atoms with Crippen LogP contribution in [0.4, 0.5) is 4.79 Å². The molecule has 0 aromatic carbocycles. The van der Waals surface area contributed by atoms with Crippen molar-refractivity contribution >= 4 is 23.7 Å². The SMILES string of the molecule is [2H]C([2H])(CC)C([2H])([2H])OCCOC([2H])([2H])C([2H])([2H])CNC(=O)CCCCC1CC(NC(N)=O)CS1. The summed E-state index contributed by atoms with van der Waals surface area (Å²) in [6, 6.07) is -0.464. The molecule has 1 aliphatic rings. The Bertz CT molecular complexity index is 703. The van der Waals surface area contributed by atoms with Crippen molar-refractivity contribution in [2.24, 2.45) is 5.73 Å². The van der Waals surface area contributed by atoms with Gasteiger partial charge in [0.15, 0.2) is 0 Å². The van der Waals surface area contributed by atoms with Crippen LogP contribution in [0.2, 0.25) is 0 Å². The van der Waals surface area contributed by atoms with E-state index in [4.69, 9.17) is 26.2 Å². The number of nitrogens with one attached hydrogen (secondary N) is 2. The number of ether oxygens (including phenoxy) is 2. The van der Waals surface area contributed by atoms with Gasteiger partial charge in [0.2, 0.25) is 5.91 Å². The Hall–Kier alpha value is -0.990. The molecule has 0 aromatic heterocycles. The zero-order chi connectivity index (χ0) is 26.9. The van der Waals surface area contributed by atoms with Crippen LogP contribution in [0.1, 0.15) is 69.2 Å². The van der Waals surface area contributed by atoms with Crippen molar-refractivity contribution in [1.82, 2.24) is 10.6 Å². The third-order valence-electron chi connectivity index (χ3n) is 3.73. The van der Waals surface area contributed by atoms with Crippen molar-refractivity contribution in [2.75, 3.05) is 38.6 Å². The molecule has 1 rings (SSSR count). The van der Waals surface area contributed by atoms with E-state index in [0.29, 0.717) is 11.7 Å². The third kappa shape index (κ3) is 13.8. The van der Waals surface area contributed by atoms with Crippen molar-refractivity contribution in [3.05, 3.63) is 0 Å². The van der Waals surface area contributed by atoms with Crippen LogP contribution in [0.15, 0.2) is 0 Å². The highest BCUT2D eigenvalue weighted by Crippen LogP contribution is 2.30. The average Bonchev–Trinajstić information content (AvgIpc) is 3.19. The van der Waals surface area contributed by atoms with E-state index in [2.05, 4.69) is 10.6 Å². The maximum Gasteiger partial charge on any atom is 0.312 e. The van der Waals surface area contributed by atoms with Gasteiger partial charge in [0.05, 0.1) is 18.7 Å². The zero-order valence-corrected chi connectivity index (χ0v) is 16.7. The summed E-state index contributed by atoms with van der Waals surface area (Å²) in [7, 11) is 0. The lowest BCUT2D eigenvalue weighted by Crippen LogP contribution is -2.38. The second-order valence-electron chi connectivity index (χ2n) is 6.03. The van der Waals surface area contributed by atoms with E-state index in [9.17, 15) is 9.59 Å². The first kappa shape index (κ1) is 14.1. The molecule has 1 fully saturated rings. The lowest BCUT2D eigenvalue weighted by Gasteiger charge is -2.10. The molecular formula is C19H37N3O4S. The molecule has 0 aliphatic carbocycles. The number of rotatable bonds is 16. The first-order valence-corrected chi connectivity index (χ1v) is 10.3. The summed E-state index contributed by atoms with van der Waals surface area (Å²) in [4.78, 5) is 23.0. The maximum atomic E-state index is 12.1. The van der Waals surface area contributed by atoms with Gasteiger partial charge in [-0.25, -0.2) is 4.79 Å². The Kier molecular flexibility index (Phi) is 8.34. The van der Waals surface area contributed by atoms with Gasteiger partial charge in [-0.05, 0) is 32.0 Å². The number of amides is 3. The molecule has 0 radical (unpaired) electrons. The average molecular weight is 412 g/mol. The van der Waals surface area contributed by atoms with Crippen LogP contribution in [0, 0.1) is 0 Å². The van der Waals surface area contributed by atoms with Crippen LogP contribution >= 0.6 is 11.8 Å². The van der Waals surface area contributed by atoms with E-state index in [-0.39, 0.29) is 18.9 Å². The van der Waals surface area contributed by atoms with Gasteiger partial charge in [0.25, 0.3) is 0 Å². The number of carbonyl (C=O) groups excluding carboxylic acids is 2. The van der Waals surface area contributed by atoms with E-state index in [0.717, 1.165) is 25.0 Å². The fourth-order valence-corrected chi connectivity index (χ4v) is 3.92. The van der Waals surface area contributed by atoms with Crippen molar-refractivity contribution < 1.29 is 30.0 Å². The van der Waals surface area contributed by atoms with Crippen LogP contribution in [0.3, 0.4) is 0 Å². The van der Waals surface area contributed by atoms with Gasteiger partial charge in [0, 0.05) is 48.6 Å². The number of primary amides is 1. The number of carbonyl (C=O) groups is 2. The number of nitrogens with two attached hydrogens (primary N) is 1. The summed E-state index contributed by atoms with van der Waals surface area (Å²) in [5, 5.41) is 5.46. The lowest BCUT2D eigenvalue weighted by atomic mass is 10.1. The topological polar surface area (TPSA) is 103 Å². The van der Waals surface area contributed by atoms with Gasteiger partial charge >= 0.3 is 6.03 Å². The van der Waals surface area contributed by atoms with Crippen LogP contribution in [0.5, 0.6) is 0 Å². The summed E-state index contributed by atoms with van der Waals surface area (Å²) < 4.78 is 71.8. The molecule has 158 valence electrons. The fraction of sp³-hybridized carbons (Fsp3) is 0.895. The predicted octanol–water partition coefficient (Wildman–Crippen LogP) is 2.43. The number of thioether (sulfide) groups is 1. The van der Waals surface area contributed by atoms with Crippen LogP contribution in [0.25, 0.3) is 0 Å². The minimum absolute atomic E-state index is 0.0681. The van der Waals surface area contributed by atoms with E-state index in [1.807, 2.05) is 0 Å². The molecule has 3 amide bonds. The van der Waals surface area contributed by atoms with E-state index in [1.165, 1.54) is 6.92 Å². The molecule has 8 heteroatoms. The van der Waals surface area contributed by atoms with Gasteiger partial charge in [-0.1, -0.05) is 19.8 Å². The van der Waals surface area contributed by atoms with Gasteiger partial charge in [0.1, 0.15) is 0 Å². The van der Waals surface area contributed by atoms with Gasteiger partial charge in [-0.15, -0.1) is 0 Å². The second kappa shape index (κ2) is 16.0. The highest BCUT2D eigenvalue weighted by atomic mass is 32.2. The highest BCUT2D eigenvalue weighted by Gasteiger charge is 2.25. The van der Waals surface area contributed by atoms with Gasteiger partial charge < -0.3 is 25.8 Å². The molecule has 1 saturated heterocycles. The van der Waals surface area contributed by atoms with Gasteiger partial charge in [-0.3, -0.25) is 4.79 Å². The Labute approximate surface area is 179 Å². The molecule has 0 aromatic rings.